The van der Waals surface area contributed by atoms with Crippen LogP contribution >= 0.6 is 0 Å². The summed E-state index contributed by atoms with van der Waals surface area (Å²) >= 11 is 0. The van der Waals surface area contributed by atoms with Gasteiger partial charge in [0.2, 0.25) is 0 Å². The van der Waals surface area contributed by atoms with E-state index in [4.69, 9.17) is 4.74 Å². The van der Waals surface area contributed by atoms with Crippen molar-refractivity contribution >= 4 is 0 Å². The van der Waals surface area contributed by atoms with Gasteiger partial charge in [-0.15, -0.1) is 0 Å². The Hall–Kier alpha value is -1.20. The topological polar surface area (TPSA) is 24.5 Å². The number of nitrogens with one attached hydrogen (secondary N) is 1. The molecule has 0 aliphatic rings. The van der Waals surface area contributed by atoms with Gasteiger partial charge in [0.15, 0.2) is 0 Å². The highest BCUT2D eigenvalue weighted by Gasteiger charge is 2.13. The lowest BCUT2D eigenvalue weighted by molar-refractivity contribution is 0.0972. The van der Waals surface area contributed by atoms with Gasteiger partial charge in [0.05, 0.1) is 13.7 Å². The van der Waals surface area contributed by atoms with Gasteiger partial charge in [-0.1, -0.05) is 13.0 Å². The van der Waals surface area contributed by atoms with E-state index < -0.39 is 6.43 Å². The van der Waals surface area contributed by atoms with Crippen LogP contribution in [0, 0.1) is 0 Å². The van der Waals surface area contributed by atoms with Gasteiger partial charge in [0.1, 0.15) is 5.75 Å². The molecule has 0 saturated carbocycles. The molecule has 114 valence electrons. The zero-order chi connectivity index (χ0) is 15.1. The Morgan fingerprint density at radius 3 is 2.60 bits per heavy atom. The third kappa shape index (κ3) is 5.06. The maximum atomic E-state index is 12.4. The van der Waals surface area contributed by atoms with Gasteiger partial charge in [-0.05, 0) is 38.2 Å². The Balaban J connectivity index is 2.88. The molecule has 0 aliphatic heterocycles. The number of benzene rings is 1. The average molecular weight is 286 g/mol. The highest BCUT2D eigenvalue weighted by Crippen LogP contribution is 2.24. The largest absolute Gasteiger partial charge is 0.496 e. The van der Waals surface area contributed by atoms with Gasteiger partial charge in [-0.2, -0.15) is 0 Å². The zero-order valence-electron chi connectivity index (χ0n) is 12.6. The van der Waals surface area contributed by atoms with Crippen LogP contribution in [0.3, 0.4) is 0 Å². The Morgan fingerprint density at radius 2 is 2.05 bits per heavy atom. The van der Waals surface area contributed by atoms with Crippen molar-refractivity contribution in [1.82, 2.24) is 10.2 Å². The minimum absolute atomic E-state index is 0.227. The van der Waals surface area contributed by atoms with E-state index in [-0.39, 0.29) is 12.6 Å². The summed E-state index contributed by atoms with van der Waals surface area (Å²) < 4.78 is 30.1. The molecule has 0 radical (unpaired) electrons. The number of rotatable bonds is 8. The summed E-state index contributed by atoms with van der Waals surface area (Å²) in [7, 11) is 3.28. The fourth-order valence-electron chi connectivity index (χ4n) is 2.21. The van der Waals surface area contributed by atoms with Crippen LogP contribution in [-0.2, 0) is 6.54 Å². The molecule has 1 aromatic rings. The molecule has 5 heteroatoms. The van der Waals surface area contributed by atoms with E-state index in [1.54, 1.807) is 19.1 Å². The highest BCUT2D eigenvalue weighted by molar-refractivity contribution is 5.38. The summed E-state index contributed by atoms with van der Waals surface area (Å²) in [4.78, 5) is 1.60. The predicted molar refractivity (Wildman–Crippen MR) is 77.4 cm³/mol. The normalized spacial score (nSPS) is 13.0. The molecule has 1 atom stereocenters. The smallest absolute Gasteiger partial charge is 0.251 e. The standard InChI is InChI=1S/C15H24F2N2O/c1-5-18-11(2)12-6-7-14(20-4)13(8-12)9-19(3)10-15(16)17/h6-8,11,15,18H,5,9-10H2,1-4H3. The minimum atomic E-state index is -2.32. The maximum absolute atomic E-state index is 12.4. The monoisotopic (exact) mass is 286 g/mol. The van der Waals surface area contributed by atoms with E-state index in [0.717, 1.165) is 23.4 Å². The first-order valence-electron chi connectivity index (χ1n) is 6.84. The lowest BCUT2D eigenvalue weighted by Gasteiger charge is -2.20. The van der Waals surface area contributed by atoms with Crippen molar-refractivity contribution in [3.8, 4) is 5.75 Å². The van der Waals surface area contributed by atoms with Crippen molar-refractivity contribution in [1.29, 1.82) is 0 Å². The summed E-state index contributed by atoms with van der Waals surface area (Å²) in [6.45, 7) is 5.22. The number of hydrogen-bond donors (Lipinski definition) is 1. The van der Waals surface area contributed by atoms with Crippen LogP contribution in [0.2, 0.25) is 0 Å². The molecule has 1 rings (SSSR count). The number of methoxy groups -OCH3 is 1. The zero-order valence-corrected chi connectivity index (χ0v) is 12.6. The minimum Gasteiger partial charge on any atom is -0.496 e. The van der Waals surface area contributed by atoms with E-state index >= 15 is 0 Å². The summed E-state index contributed by atoms with van der Waals surface area (Å²) in [5.74, 6) is 0.735. The second-order valence-electron chi connectivity index (χ2n) is 4.94. The highest BCUT2D eigenvalue weighted by atomic mass is 19.3. The van der Waals surface area contributed by atoms with Crippen LogP contribution in [-0.4, -0.2) is 38.6 Å². The van der Waals surface area contributed by atoms with Crippen LogP contribution < -0.4 is 10.1 Å². The number of hydrogen-bond acceptors (Lipinski definition) is 3. The molecule has 0 saturated heterocycles. The van der Waals surface area contributed by atoms with Crippen LogP contribution in [0.5, 0.6) is 5.75 Å². The maximum Gasteiger partial charge on any atom is 0.251 e. The Bertz CT molecular complexity index is 413. The molecule has 0 fully saturated rings. The molecule has 0 aliphatic carbocycles. The number of ether oxygens (including phenoxy) is 1. The molecule has 1 unspecified atom stereocenters. The van der Waals surface area contributed by atoms with Gasteiger partial charge in [-0.25, -0.2) is 8.78 Å². The Kier molecular flexibility index (Phi) is 6.88. The molecule has 1 N–H and O–H groups in total. The molecular formula is C15H24F2N2O. The fraction of sp³-hybridized carbons (Fsp3) is 0.600. The van der Waals surface area contributed by atoms with Crippen LogP contribution in [0.1, 0.15) is 31.0 Å². The quantitative estimate of drug-likeness (QED) is 0.795. The van der Waals surface area contributed by atoms with Crippen molar-refractivity contribution in [2.45, 2.75) is 32.9 Å². The number of alkyl halides is 2. The lowest BCUT2D eigenvalue weighted by Crippen LogP contribution is -2.24. The summed E-state index contributed by atoms with van der Waals surface area (Å²) in [5, 5.41) is 3.34. The molecule has 20 heavy (non-hydrogen) atoms. The van der Waals surface area contributed by atoms with Crippen molar-refractivity contribution < 1.29 is 13.5 Å². The number of halogens is 2. The van der Waals surface area contributed by atoms with Crippen LogP contribution in [0.4, 0.5) is 8.78 Å². The SMILES string of the molecule is CCNC(C)c1ccc(OC)c(CN(C)CC(F)F)c1. The first-order valence-corrected chi connectivity index (χ1v) is 6.84. The van der Waals surface area contributed by atoms with Gasteiger partial charge in [-0.3, -0.25) is 4.90 Å². The van der Waals surface area contributed by atoms with Gasteiger partial charge >= 0.3 is 0 Å². The predicted octanol–water partition coefficient (Wildman–Crippen LogP) is 3.06. The summed E-state index contributed by atoms with van der Waals surface area (Å²) in [5.41, 5.74) is 2.06. The summed E-state index contributed by atoms with van der Waals surface area (Å²) in [6, 6.07) is 6.15. The average Bonchev–Trinajstić information content (AvgIpc) is 2.37. The number of nitrogens with zero attached hydrogens (tertiary/aromatic N) is 1. The van der Waals surface area contributed by atoms with Crippen molar-refractivity contribution in [2.24, 2.45) is 0 Å². The van der Waals surface area contributed by atoms with Crippen LogP contribution in [0.15, 0.2) is 18.2 Å². The fourth-order valence-corrected chi connectivity index (χ4v) is 2.21. The van der Waals surface area contributed by atoms with E-state index in [2.05, 4.69) is 19.2 Å². The molecule has 0 amide bonds. The third-order valence-corrected chi connectivity index (χ3v) is 3.20. The van der Waals surface area contributed by atoms with Crippen LogP contribution in [0.25, 0.3) is 0 Å². The first-order chi connectivity index (χ1) is 9.47. The molecule has 0 aromatic heterocycles. The molecule has 1 aromatic carbocycles. The molecule has 0 bridgehead atoms. The van der Waals surface area contributed by atoms with Gasteiger partial charge in [0.25, 0.3) is 6.43 Å². The van der Waals surface area contributed by atoms with Gasteiger partial charge in [0, 0.05) is 18.2 Å². The van der Waals surface area contributed by atoms with Gasteiger partial charge < -0.3 is 10.1 Å². The first kappa shape index (κ1) is 16.9. The third-order valence-electron chi connectivity index (χ3n) is 3.20. The molecule has 0 heterocycles. The van der Waals surface area contributed by atoms with Crippen molar-refractivity contribution in [3.63, 3.8) is 0 Å². The van der Waals surface area contributed by atoms with Crippen molar-refractivity contribution in [2.75, 3.05) is 27.2 Å². The second-order valence-corrected chi connectivity index (χ2v) is 4.94. The van der Waals surface area contributed by atoms with E-state index in [0.29, 0.717) is 6.54 Å². The second kappa shape index (κ2) is 8.17. The summed E-state index contributed by atoms with van der Waals surface area (Å²) in [6.07, 6.45) is -2.32. The Morgan fingerprint density at radius 1 is 1.35 bits per heavy atom. The molecular weight excluding hydrogens is 262 g/mol. The lowest BCUT2D eigenvalue weighted by atomic mass is 10.0. The van der Waals surface area contributed by atoms with Crippen molar-refractivity contribution in [3.05, 3.63) is 29.3 Å². The van der Waals surface area contributed by atoms with E-state index in [1.165, 1.54) is 0 Å². The van der Waals surface area contributed by atoms with E-state index in [9.17, 15) is 8.78 Å². The molecule has 0 spiro atoms. The molecule has 3 nitrogen and oxygen atoms in total. The van der Waals surface area contributed by atoms with E-state index in [1.807, 2.05) is 18.2 Å². The Labute approximate surface area is 119 Å².